The molecule has 116 valence electrons. The van der Waals surface area contributed by atoms with E-state index in [0.717, 1.165) is 0 Å². The van der Waals surface area contributed by atoms with Gasteiger partial charge in [-0.15, -0.1) is 0 Å². The molecule has 1 aromatic carbocycles. The molecule has 1 N–H and O–H groups in total. The van der Waals surface area contributed by atoms with Gasteiger partial charge in [-0.05, 0) is 30.0 Å². The Morgan fingerprint density at radius 1 is 1.14 bits per heavy atom. The Morgan fingerprint density at radius 3 is 2.23 bits per heavy atom. The van der Waals surface area contributed by atoms with Crippen molar-refractivity contribution in [3.05, 3.63) is 28.2 Å². The molecule has 2 bridgehead atoms. The molecule has 4 rings (SSSR count). The number of Topliss-reactive ketones (excluding diaryl/α,β-unsaturated/α-hetero) is 2. The molecule has 1 amide bonds. The van der Waals surface area contributed by atoms with Gasteiger partial charge in [-0.2, -0.15) is 0 Å². The Kier molecular flexibility index (Phi) is 3.57. The van der Waals surface area contributed by atoms with Crippen LogP contribution in [0.3, 0.4) is 0 Å². The van der Waals surface area contributed by atoms with Crippen molar-refractivity contribution in [1.82, 2.24) is 0 Å². The normalized spacial score (nSPS) is 29.0. The first-order valence-electron chi connectivity index (χ1n) is 7.07. The second kappa shape index (κ2) is 5.07. The van der Waals surface area contributed by atoms with Gasteiger partial charge in [0.15, 0.2) is 17.5 Å². The summed E-state index contributed by atoms with van der Waals surface area (Å²) in [6, 6.07) is 4.61. The van der Waals surface area contributed by atoms with Crippen LogP contribution >= 0.6 is 23.2 Å². The number of fused-ring (bicyclic) bond motifs is 2. The molecule has 0 heterocycles. The van der Waals surface area contributed by atoms with E-state index in [1.54, 1.807) is 12.1 Å². The van der Waals surface area contributed by atoms with E-state index < -0.39 is 11.8 Å². The second-order valence-electron chi connectivity index (χ2n) is 6.52. The molecule has 22 heavy (non-hydrogen) atoms. The maximum atomic E-state index is 12.4. The van der Waals surface area contributed by atoms with E-state index in [1.807, 2.05) is 13.8 Å². The van der Waals surface area contributed by atoms with Crippen LogP contribution < -0.4 is 5.32 Å². The first-order valence-corrected chi connectivity index (χ1v) is 7.82. The minimum atomic E-state index is -1.20. The maximum absolute atomic E-state index is 12.4. The number of hydrogen-bond acceptors (Lipinski definition) is 3. The fourth-order valence-corrected chi connectivity index (χ4v) is 3.78. The summed E-state index contributed by atoms with van der Waals surface area (Å²) in [5, 5.41) is 3.25. The van der Waals surface area contributed by atoms with Crippen LogP contribution in [-0.4, -0.2) is 17.5 Å². The molecule has 4 nitrogen and oxygen atoms in total. The lowest BCUT2D eigenvalue weighted by Crippen LogP contribution is -2.63. The molecule has 3 aliphatic carbocycles. The van der Waals surface area contributed by atoms with Gasteiger partial charge >= 0.3 is 0 Å². The largest absolute Gasteiger partial charge is 0.325 e. The van der Waals surface area contributed by atoms with Gasteiger partial charge in [0.1, 0.15) is 0 Å². The zero-order chi connectivity index (χ0) is 16.2. The van der Waals surface area contributed by atoms with Crippen molar-refractivity contribution in [2.24, 2.45) is 23.2 Å². The van der Waals surface area contributed by atoms with Gasteiger partial charge in [0.05, 0.1) is 10.0 Å². The molecule has 2 atom stereocenters. The Bertz CT molecular complexity index is 675. The van der Waals surface area contributed by atoms with Crippen molar-refractivity contribution in [3.63, 3.8) is 0 Å². The molecule has 0 aliphatic heterocycles. The van der Waals surface area contributed by atoms with Crippen LogP contribution in [-0.2, 0) is 14.4 Å². The molecule has 2 unspecified atom stereocenters. The summed E-state index contributed by atoms with van der Waals surface area (Å²) in [4.78, 5) is 37.2. The smallest absolute Gasteiger partial charge is 0.242 e. The fraction of sp³-hybridized carbons (Fsp3) is 0.438. The molecular weight excluding hydrogens is 325 g/mol. The minimum absolute atomic E-state index is 0.209. The van der Waals surface area contributed by atoms with Gasteiger partial charge in [0, 0.05) is 17.5 Å². The summed E-state index contributed by atoms with van der Waals surface area (Å²) in [5.41, 5.74) is 0.0904. The lowest BCUT2D eigenvalue weighted by Gasteiger charge is -2.55. The van der Waals surface area contributed by atoms with Gasteiger partial charge in [-0.25, -0.2) is 0 Å². The van der Waals surface area contributed by atoms with Crippen LogP contribution in [0.5, 0.6) is 0 Å². The molecule has 3 fully saturated rings. The fourth-order valence-electron chi connectivity index (χ4n) is 3.48. The molecule has 0 radical (unpaired) electrons. The number of rotatable bonds is 2. The lowest BCUT2D eigenvalue weighted by molar-refractivity contribution is -0.169. The van der Waals surface area contributed by atoms with Crippen molar-refractivity contribution < 1.29 is 14.4 Å². The Hall–Kier alpha value is -1.39. The first-order chi connectivity index (χ1) is 10.2. The maximum Gasteiger partial charge on any atom is 0.242 e. The lowest BCUT2D eigenvalue weighted by atomic mass is 9.45. The number of halogens is 2. The van der Waals surface area contributed by atoms with Gasteiger partial charge in [-0.1, -0.05) is 37.0 Å². The third-order valence-electron chi connectivity index (χ3n) is 4.97. The van der Waals surface area contributed by atoms with E-state index in [9.17, 15) is 14.4 Å². The highest BCUT2D eigenvalue weighted by molar-refractivity contribution is 6.42. The van der Waals surface area contributed by atoms with Gasteiger partial charge in [0.25, 0.3) is 0 Å². The predicted octanol–water partition coefficient (Wildman–Crippen LogP) is 3.36. The highest BCUT2D eigenvalue weighted by Gasteiger charge is 2.63. The third-order valence-corrected chi connectivity index (χ3v) is 5.71. The summed E-state index contributed by atoms with van der Waals surface area (Å²) < 4.78 is 0. The topological polar surface area (TPSA) is 63.2 Å². The average molecular weight is 340 g/mol. The second-order valence-corrected chi connectivity index (χ2v) is 7.33. The number of benzene rings is 1. The number of carbonyl (C=O) groups is 3. The van der Waals surface area contributed by atoms with Gasteiger partial charge < -0.3 is 5.32 Å². The Morgan fingerprint density at radius 2 is 1.73 bits per heavy atom. The Balaban J connectivity index is 1.80. The highest BCUT2D eigenvalue weighted by atomic mass is 35.5. The van der Waals surface area contributed by atoms with Crippen molar-refractivity contribution in [2.45, 2.75) is 20.3 Å². The number of nitrogens with one attached hydrogen (secondary N) is 1. The van der Waals surface area contributed by atoms with Crippen molar-refractivity contribution in [2.75, 3.05) is 5.32 Å². The summed E-state index contributed by atoms with van der Waals surface area (Å²) in [7, 11) is 0. The van der Waals surface area contributed by atoms with E-state index in [1.165, 1.54) is 6.07 Å². The van der Waals surface area contributed by atoms with Crippen LogP contribution in [0.25, 0.3) is 0 Å². The zero-order valence-corrected chi connectivity index (χ0v) is 13.7. The summed E-state index contributed by atoms with van der Waals surface area (Å²) >= 11 is 11.7. The third kappa shape index (κ3) is 2.17. The minimum Gasteiger partial charge on any atom is -0.325 e. The summed E-state index contributed by atoms with van der Waals surface area (Å²) in [6.45, 7) is 3.82. The zero-order valence-electron chi connectivity index (χ0n) is 12.2. The van der Waals surface area contributed by atoms with E-state index in [0.29, 0.717) is 22.2 Å². The number of hydrogen-bond donors (Lipinski definition) is 1. The SMILES string of the molecule is CC1(C)C2CC1C(=O)C(C(=O)Nc1ccc(Cl)c(Cl)c1)C2=O. The molecule has 3 saturated carbocycles. The Labute approximate surface area is 138 Å². The van der Waals surface area contributed by atoms with Crippen LogP contribution in [0.4, 0.5) is 5.69 Å². The number of amides is 1. The highest BCUT2D eigenvalue weighted by Crippen LogP contribution is 2.57. The van der Waals surface area contributed by atoms with Crippen LogP contribution in [0, 0.1) is 23.2 Å². The van der Waals surface area contributed by atoms with Crippen molar-refractivity contribution >= 4 is 46.4 Å². The molecule has 0 spiro atoms. The summed E-state index contributed by atoms with van der Waals surface area (Å²) in [5.74, 6) is -2.74. The van der Waals surface area contributed by atoms with E-state index in [-0.39, 0.29) is 28.8 Å². The molecular formula is C16H15Cl2NO3. The number of ketones is 2. The molecule has 6 heteroatoms. The van der Waals surface area contributed by atoms with Gasteiger partial charge in [0.2, 0.25) is 5.91 Å². The van der Waals surface area contributed by atoms with E-state index >= 15 is 0 Å². The van der Waals surface area contributed by atoms with E-state index in [2.05, 4.69) is 5.32 Å². The molecule has 3 aliphatic rings. The van der Waals surface area contributed by atoms with Crippen LogP contribution in [0.15, 0.2) is 18.2 Å². The van der Waals surface area contributed by atoms with Crippen molar-refractivity contribution in [3.8, 4) is 0 Å². The quantitative estimate of drug-likeness (QED) is 0.840. The van der Waals surface area contributed by atoms with Crippen molar-refractivity contribution in [1.29, 1.82) is 0 Å². The predicted molar refractivity (Wildman–Crippen MR) is 84.0 cm³/mol. The standard InChI is InChI=1S/C16H15Cl2NO3/c1-16(2)8-6-9(16)14(21)12(13(8)20)15(22)19-7-3-4-10(17)11(18)5-7/h3-5,8-9,12H,6H2,1-2H3,(H,19,22). The average Bonchev–Trinajstić information content (AvgIpc) is 2.41. The first kappa shape index (κ1) is 15.5. The summed E-state index contributed by atoms with van der Waals surface area (Å²) in [6.07, 6.45) is 0.571. The van der Waals surface area contributed by atoms with Crippen LogP contribution in [0.1, 0.15) is 20.3 Å². The van der Waals surface area contributed by atoms with Gasteiger partial charge in [-0.3, -0.25) is 14.4 Å². The molecule has 1 aromatic rings. The monoisotopic (exact) mass is 339 g/mol. The van der Waals surface area contributed by atoms with Crippen LogP contribution in [0.2, 0.25) is 10.0 Å². The molecule has 0 aromatic heterocycles. The number of anilines is 1. The van der Waals surface area contributed by atoms with E-state index in [4.69, 9.17) is 23.2 Å². The molecule has 0 saturated heterocycles. The number of carbonyl (C=O) groups excluding carboxylic acids is 3.